The van der Waals surface area contributed by atoms with E-state index < -0.39 is 0 Å². The van der Waals surface area contributed by atoms with Gasteiger partial charge in [-0.15, -0.1) is 0 Å². The summed E-state index contributed by atoms with van der Waals surface area (Å²) in [7, 11) is 0. The molecule has 56 heavy (non-hydrogen) atoms. The molecule has 264 valence electrons. The van der Waals surface area contributed by atoms with E-state index in [2.05, 4.69) is 193 Å². The standard InChI is InChI=1S/C53H36N2O/c1-4-14-37(15-5-1)39-28-32-45(33-29-39)55(50-23-13-12-21-47(50)41-16-6-2-7-17-41)46-34-30-40(31-35-46)38-24-26-42(27-25-38)49-36-44-20-10-11-22-48(44)52-51(49)54-53(56-52)43-18-8-3-9-19-43/h1-36H. The van der Waals surface area contributed by atoms with Crippen LogP contribution in [0.2, 0.25) is 0 Å². The van der Waals surface area contributed by atoms with Crippen LogP contribution in [0.5, 0.6) is 0 Å². The molecule has 0 bridgehead atoms. The number of para-hydroxylation sites is 1. The Balaban J connectivity index is 1.01. The third-order valence-corrected chi connectivity index (χ3v) is 10.5. The molecule has 3 nitrogen and oxygen atoms in total. The molecule has 0 saturated carbocycles. The highest BCUT2D eigenvalue weighted by atomic mass is 16.3. The summed E-state index contributed by atoms with van der Waals surface area (Å²) in [6.45, 7) is 0. The molecule has 0 fully saturated rings. The number of rotatable bonds is 8. The Kier molecular flexibility index (Phi) is 8.51. The van der Waals surface area contributed by atoms with Crippen molar-refractivity contribution in [1.29, 1.82) is 0 Å². The van der Waals surface area contributed by atoms with Gasteiger partial charge >= 0.3 is 0 Å². The summed E-state index contributed by atoms with van der Waals surface area (Å²) in [5.41, 5.74) is 15.1. The number of hydrogen-bond donors (Lipinski definition) is 0. The van der Waals surface area contributed by atoms with Crippen LogP contribution in [0, 0.1) is 0 Å². The SMILES string of the molecule is c1ccc(-c2ccc(N(c3ccc(-c4ccc(-c5cc6ccccc6c6oc(-c7ccccc7)nc56)cc4)cc3)c3ccccc3-c3ccccc3)cc2)cc1. The minimum Gasteiger partial charge on any atom is -0.435 e. The first kappa shape index (κ1) is 33.1. The maximum atomic E-state index is 6.46. The lowest BCUT2D eigenvalue weighted by atomic mass is 9.97. The van der Waals surface area contributed by atoms with E-state index >= 15 is 0 Å². The van der Waals surface area contributed by atoms with E-state index in [1.807, 2.05) is 30.3 Å². The third-order valence-electron chi connectivity index (χ3n) is 10.5. The molecule has 0 N–H and O–H groups in total. The Hall–Kier alpha value is -7.49. The molecule has 0 aliphatic carbocycles. The van der Waals surface area contributed by atoms with E-state index in [1.165, 1.54) is 22.3 Å². The highest BCUT2D eigenvalue weighted by Gasteiger charge is 2.19. The zero-order chi connectivity index (χ0) is 37.3. The van der Waals surface area contributed by atoms with Crippen molar-refractivity contribution >= 4 is 38.9 Å². The van der Waals surface area contributed by atoms with Crippen molar-refractivity contribution in [3.05, 3.63) is 218 Å². The summed E-state index contributed by atoms with van der Waals surface area (Å²) in [6.07, 6.45) is 0. The Bertz CT molecular complexity index is 2920. The molecular weight excluding hydrogens is 681 g/mol. The van der Waals surface area contributed by atoms with Gasteiger partial charge in [-0.05, 0) is 87.3 Å². The molecule has 0 aliphatic rings. The minimum atomic E-state index is 0.627. The molecule has 0 amide bonds. The van der Waals surface area contributed by atoms with Crippen molar-refractivity contribution in [3.8, 4) is 56.0 Å². The van der Waals surface area contributed by atoms with Gasteiger partial charge in [0.2, 0.25) is 5.89 Å². The number of benzene rings is 9. The smallest absolute Gasteiger partial charge is 0.227 e. The molecule has 1 aromatic heterocycles. The molecular formula is C53H36N2O. The summed E-state index contributed by atoms with van der Waals surface area (Å²) >= 11 is 0. The van der Waals surface area contributed by atoms with Gasteiger partial charge in [0.15, 0.2) is 5.58 Å². The van der Waals surface area contributed by atoms with Crippen LogP contribution in [0.4, 0.5) is 17.1 Å². The van der Waals surface area contributed by atoms with Gasteiger partial charge in [0, 0.05) is 33.5 Å². The van der Waals surface area contributed by atoms with Crippen molar-refractivity contribution in [2.24, 2.45) is 0 Å². The zero-order valence-corrected chi connectivity index (χ0v) is 30.6. The van der Waals surface area contributed by atoms with Crippen molar-refractivity contribution in [2.75, 3.05) is 4.90 Å². The molecule has 10 rings (SSSR count). The Morgan fingerprint density at radius 1 is 0.357 bits per heavy atom. The van der Waals surface area contributed by atoms with Crippen LogP contribution in [0.15, 0.2) is 223 Å². The summed E-state index contributed by atoms with van der Waals surface area (Å²) in [6, 6.07) is 77.1. The first-order valence-electron chi connectivity index (χ1n) is 19.0. The maximum absolute atomic E-state index is 6.46. The third kappa shape index (κ3) is 6.21. The lowest BCUT2D eigenvalue weighted by Gasteiger charge is -2.28. The highest BCUT2D eigenvalue weighted by molar-refractivity contribution is 6.10. The molecule has 10 aromatic rings. The summed E-state index contributed by atoms with van der Waals surface area (Å²) < 4.78 is 6.46. The Labute approximate surface area is 326 Å². The second-order valence-corrected chi connectivity index (χ2v) is 14.0. The van der Waals surface area contributed by atoms with Gasteiger partial charge in [-0.1, -0.05) is 170 Å². The van der Waals surface area contributed by atoms with Gasteiger partial charge < -0.3 is 9.32 Å². The van der Waals surface area contributed by atoms with Crippen LogP contribution in [-0.4, -0.2) is 4.98 Å². The average molecular weight is 717 g/mol. The molecule has 1 heterocycles. The monoisotopic (exact) mass is 716 g/mol. The van der Waals surface area contributed by atoms with Gasteiger partial charge in [0.05, 0.1) is 5.69 Å². The molecule has 0 saturated heterocycles. The van der Waals surface area contributed by atoms with E-state index in [0.717, 1.165) is 66.8 Å². The number of fused-ring (bicyclic) bond motifs is 3. The quantitative estimate of drug-likeness (QED) is 0.157. The summed E-state index contributed by atoms with van der Waals surface area (Å²) in [5.74, 6) is 0.627. The van der Waals surface area contributed by atoms with Gasteiger partial charge in [-0.2, -0.15) is 0 Å². The van der Waals surface area contributed by atoms with Crippen LogP contribution < -0.4 is 4.90 Å². The first-order valence-corrected chi connectivity index (χ1v) is 19.0. The molecule has 3 heteroatoms. The first-order chi connectivity index (χ1) is 27.8. The lowest BCUT2D eigenvalue weighted by molar-refractivity contribution is 0.623. The van der Waals surface area contributed by atoms with E-state index in [-0.39, 0.29) is 0 Å². The molecule has 0 aliphatic heterocycles. The fourth-order valence-corrected chi connectivity index (χ4v) is 7.70. The topological polar surface area (TPSA) is 29.3 Å². The normalized spacial score (nSPS) is 11.2. The van der Waals surface area contributed by atoms with Gasteiger partial charge in [-0.3, -0.25) is 0 Å². The second-order valence-electron chi connectivity index (χ2n) is 14.0. The summed E-state index contributed by atoms with van der Waals surface area (Å²) in [5, 5.41) is 2.18. The molecule has 0 spiro atoms. The second kappa shape index (κ2) is 14.4. The predicted octanol–water partition coefficient (Wildman–Crippen LogP) is 14.8. The van der Waals surface area contributed by atoms with Crippen molar-refractivity contribution in [1.82, 2.24) is 4.98 Å². The van der Waals surface area contributed by atoms with Gasteiger partial charge in [-0.25, -0.2) is 4.98 Å². The molecule has 9 aromatic carbocycles. The Morgan fingerprint density at radius 3 is 1.43 bits per heavy atom. The van der Waals surface area contributed by atoms with Crippen LogP contribution in [-0.2, 0) is 0 Å². The summed E-state index contributed by atoms with van der Waals surface area (Å²) in [4.78, 5) is 7.40. The number of nitrogens with zero attached hydrogens (tertiary/aromatic N) is 2. The minimum absolute atomic E-state index is 0.627. The van der Waals surface area contributed by atoms with E-state index in [0.29, 0.717) is 5.89 Å². The van der Waals surface area contributed by atoms with Crippen LogP contribution >= 0.6 is 0 Å². The predicted molar refractivity (Wildman–Crippen MR) is 233 cm³/mol. The fourth-order valence-electron chi connectivity index (χ4n) is 7.70. The molecule has 0 atom stereocenters. The van der Waals surface area contributed by atoms with Crippen molar-refractivity contribution in [3.63, 3.8) is 0 Å². The average Bonchev–Trinajstić information content (AvgIpc) is 3.74. The van der Waals surface area contributed by atoms with E-state index in [4.69, 9.17) is 9.40 Å². The van der Waals surface area contributed by atoms with Crippen LogP contribution in [0.1, 0.15) is 0 Å². The maximum Gasteiger partial charge on any atom is 0.227 e. The highest BCUT2D eigenvalue weighted by Crippen LogP contribution is 2.42. The number of anilines is 3. The van der Waals surface area contributed by atoms with Crippen molar-refractivity contribution < 1.29 is 4.42 Å². The molecule has 0 unspecified atom stereocenters. The number of oxazole rings is 1. The largest absolute Gasteiger partial charge is 0.435 e. The van der Waals surface area contributed by atoms with Crippen molar-refractivity contribution in [2.45, 2.75) is 0 Å². The lowest BCUT2D eigenvalue weighted by Crippen LogP contribution is -2.11. The van der Waals surface area contributed by atoms with E-state index in [9.17, 15) is 0 Å². The van der Waals surface area contributed by atoms with Crippen LogP contribution in [0.25, 0.3) is 77.8 Å². The van der Waals surface area contributed by atoms with Gasteiger partial charge in [0.25, 0.3) is 0 Å². The van der Waals surface area contributed by atoms with Gasteiger partial charge in [0.1, 0.15) is 5.52 Å². The fraction of sp³-hybridized carbons (Fsp3) is 0. The Morgan fingerprint density at radius 2 is 0.804 bits per heavy atom. The molecule has 0 radical (unpaired) electrons. The van der Waals surface area contributed by atoms with E-state index in [1.54, 1.807) is 0 Å². The van der Waals surface area contributed by atoms with Crippen LogP contribution in [0.3, 0.4) is 0 Å². The zero-order valence-electron chi connectivity index (χ0n) is 30.6. The number of hydrogen-bond acceptors (Lipinski definition) is 3. The number of aromatic nitrogens is 1.